The number of imide groups is 1. The van der Waals surface area contributed by atoms with Crippen LogP contribution in [0.4, 0.5) is 19.3 Å². The maximum atomic E-state index is 15.1. The van der Waals surface area contributed by atoms with Crippen molar-refractivity contribution >= 4 is 17.7 Å². The second-order valence-corrected chi connectivity index (χ2v) is 13.7. The molecule has 1 aliphatic heterocycles. The van der Waals surface area contributed by atoms with Gasteiger partial charge in [0, 0.05) is 5.69 Å². The van der Waals surface area contributed by atoms with Crippen molar-refractivity contribution in [3.8, 4) is 5.75 Å². The first kappa shape index (κ1) is 38.0. The van der Waals surface area contributed by atoms with E-state index in [0.717, 1.165) is 27.8 Å². The molecule has 7 nitrogen and oxygen atoms in total. The lowest BCUT2D eigenvalue weighted by Crippen LogP contribution is -2.42. The second kappa shape index (κ2) is 18.3. The van der Waals surface area contributed by atoms with E-state index in [9.17, 15) is 13.6 Å². The molecule has 4 unspecified atom stereocenters. The van der Waals surface area contributed by atoms with Gasteiger partial charge in [-0.15, -0.1) is 0 Å². The van der Waals surface area contributed by atoms with Gasteiger partial charge >= 0.3 is 6.09 Å². The Labute approximate surface area is 325 Å². The molecule has 2 amide bonds. The van der Waals surface area contributed by atoms with Crippen LogP contribution in [0.3, 0.4) is 0 Å². The first-order chi connectivity index (χ1) is 27.4. The summed E-state index contributed by atoms with van der Waals surface area (Å²) in [5.74, 6) is -1.44. The Kier molecular flexibility index (Phi) is 12.4. The molecule has 0 spiro atoms. The number of nitrogens with zero attached hydrogens (tertiary/aromatic N) is 1. The fourth-order valence-corrected chi connectivity index (χ4v) is 6.98. The highest BCUT2D eigenvalue weighted by Gasteiger charge is 2.44. The number of amides is 2. The van der Waals surface area contributed by atoms with Crippen LogP contribution >= 0.6 is 0 Å². The Morgan fingerprint density at radius 3 is 1.86 bits per heavy atom. The normalized spacial score (nSPS) is 15.4. The van der Waals surface area contributed by atoms with Gasteiger partial charge in [-0.2, -0.15) is 0 Å². The number of hydrogen-bond acceptors (Lipinski definition) is 6. The third-order valence-corrected chi connectivity index (χ3v) is 9.94. The van der Waals surface area contributed by atoms with Crippen LogP contribution < -0.4 is 10.1 Å². The lowest BCUT2D eigenvalue weighted by Gasteiger charge is -2.33. The van der Waals surface area contributed by atoms with Gasteiger partial charge in [-0.05, 0) is 89.2 Å². The summed E-state index contributed by atoms with van der Waals surface area (Å²) in [6.45, 7) is 0.686. The van der Waals surface area contributed by atoms with E-state index in [1.165, 1.54) is 29.2 Å². The van der Waals surface area contributed by atoms with E-state index in [-0.39, 0.29) is 25.5 Å². The number of nitrogens with one attached hydrogen (secondary N) is 1. The summed E-state index contributed by atoms with van der Waals surface area (Å²) in [6, 6.07) is 47.1. The Morgan fingerprint density at radius 1 is 0.679 bits per heavy atom. The van der Waals surface area contributed by atoms with E-state index in [1.807, 2.05) is 115 Å². The molecule has 1 saturated heterocycles. The molecule has 1 heterocycles. The highest BCUT2D eigenvalue weighted by atomic mass is 19.1. The van der Waals surface area contributed by atoms with Crippen LogP contribution in [-0.4, -0.2) is 23.5 Å². The minimum Gasteiger partial charge on any atom is -0.489 e. The third-order valence-electron chi connectivity index (χ3n) is 9.94. The minimum absolute atomic E-state index is 0.0171. The van der Waals surface area contributed by atoms with Gasteiger partial charge < -0.3 is 19.5 Å². The summed E-state index contributed by atoms with van der Waals surface area (Å²) < 4.78 is 46.3. The molecule has 0 radical (unpaired) electrons. The maximum absolute atomic E-state index is 15.1. The van der Waals surface area contributed by atoms with Crippen LogP contribution in [0.15, 0.2) is 164 Å². The molecular weight excluding hydrogens is 711 g/mol. The highest BCUT2D eigenvalue weighted by Crippen LogP contribution is 2.39. The van der Waals surface area contributed by atoms with Crippen LogP contribution in [0.2, 0.25) is 0 Å². The number of cyclic esters (lactones) is 1. The maximum Gasteiger partial charge on any atom is 0.417 e. The molecule has 0 bridgehead atoms. The van der Waals surface area contributed by atoms with Gasteiger partial charge in [0.15, 0.2) is 0 Å². The SMILES string of the molecule is O=C1OCC(c2ccccc2)N1C(=O)C(CCC(OCc1ccccc1)c1ccc(F)cc1)C(Nc1ccc(F)cc1)c1ccc(OCc2ccccc2)cc1. The van der Waals surface area contributed by atoms with Crippen LogP contribution in [0, 0.1) is 17.6 Å². The third kappa shape index (κ3) is 9.67. The Bertz CT molecular complexity index is 2150. The lowest BCUT2D eigenvalue weighted by molar-refractivity contribution is -0.134. The molecular formula is C47H42F2N2O5. The van der Waals surface area contributed by atoms with Crippen molar-refractivity contribution in [3.63, 3.8) is 0 Å². The fourth-order valence-electron chi connectivity index (χ4n) is 6.98. The summed E-state index contributed by atoms with van der Waals surface area (Å²) >= 11 is 0. The number of halogens is 2. The number of benzene rings is 6. The molecule has 1 aliphatic rings. The smallest absolute Gasteiger partial charge is 0.417 e. The van der Waals surface area contributed by atoms with Crippen molar-refractivity contribution in [3.05, 3.63) is 203 Å². The van der Waals surface area contributed by atoms with Crippen LogP contribution in [-0.2, 0) is 27.5 Å². The van der Waals surface area contributed by atoms with Crippen LogP contribution in [0.1, 0.15) is 58.8 Å². The fraction of sp³-hybridized carbons (Fsp3) is 0.191. The van der Waals surface area contributed by atoms with Gasteiger partial charge in [-0.1, -0.05) is 115 Å². The first-order valence-electron chi connectivity index (χ1n) is 18.7. The lowest BCUT2D eigenvalue weighted by atomic mass is 9.85. The monoisotopic (exact) mass is 752 g/mol. The molecule has 0 aliphatic carbocycles. The molecule has 7 rings (SSSR count). The molecule has 9 heteroatoms. The van der Waals surface area contributed by atoms with Crippen molar-refractivity contribution in [1.82, 2.24) is 4.90 Å². The molecule has 6 aromatic rings. The molecule has 1 N–H and O–H groups in total. The molecule has 0 saturated carbocycles. The van der Waals surface area contributed by atoms with E-state index < -0.39 is 41.9 Å². The molecule has 284 valence electrons. The summed E-state index contributed by atoms with van der Waals surface area (Å²) in [5.41, 5.74) is 4.82. The van der Waals surface area contributed by atoms with E-state index in [2.05, 4.69) is 5.32 Å². The molecule has 4 atom stereocenters. The Morgan fingerprint density at radius 2 is 1.23 bits per heavy atom. The Balaban J connectivity index is 1.25. The van der Waals surface area contributed by atoms with Crippen molar-refractivity contribution in [2.45, 2.75) is 44.2 Å². The average molecular weight is 753 g/mol. The minimum atomic E-state index is -0.865. The van der Waals surface area contributed by atoms with Crippen LogP contribution in [0.25, 0.3) is 0 Å². The summed E-state index contributed by atoms with van der Waals surface area (Å²) in [5, 5.41) is 3.51. The van der Waals surface area contributed by atoms with Gasteiger partial charge in [0.25, 0.3) is 0 Å². The average Bonchev–Trinajstić information content (AvgIpc) is 3.64. The van der Waals surface area contributed by atoms with Gasteiger partial charge in [0.1, 0.15) is 36.6 Å². The van der Waals surface area contributed by atoms with E-state index in [0.29, 0.717) is 24.5 Å². The number of hydrogen-bond donors (Lipinski definition) is 1. The number of rotatable bonds is 16. The largest absolute Gasteiger partial charge is 0.489 e. The van der Waals surface area contributed by atoms with Gasteiger partial charge in [-0.3, -0.25) is 4.79 Å². The molecule has 0 aromatic heterocycles. The highest BCUT2D eigenvalue weighted by molar-refractivity contribution is 5.95. The zero-order valence-corrected chi connectivity index (χ0v) is 30.7. The van der Waals surface area contributed by atoms with E-state index in [1.54, 1.807) is 24.3 Å². The predicted octanol–water partition coefficient (Wildman–Crippen LogP) is 10.8. The zero-order chi connectivity index (χ0) is 38.7. The number of ether oxygens (including phenoxy) is 3. The first-order valence-corrected chi connectivity index (χ1v) is 18.7. The van der Waals surface area contributed by atoms with Gasteiger partial charge in [-0.25, -0.2) is 18.5 Å². The molecule has 6 aromatic carbocycles. The van der Waals surface area contributed by atoms with Gasteiger partial charge in [0.05, 0.1) is 24.7 Å². The molecule has 56 heavy (non-hydrogen) atoms. The summed E-state index contributed by atoms with van der Waals surface area (Å²) in [7, 11) is 0. The van der Waals surface area contributed by atoms with Crippen LogP contribution in [0.5, 0.6) is 5.75 Å². The summed E-state index contributed by atoms with van der Waals surface area (Å²) in [4.78, 5) is 29.8. The number of carbonyl (C=O) groups excluding carboxylic acids is 2. The van der Waals surface area contributed by atoms with Gasteiger partial charge in [0.2, 0.25) is 5.91 Å². The number of carbonyl (C=O) groups is 2. The quantitative estimate of drug-likeness (QED) is 0.106. The van der Waals surface area contributed by atoms with Crippen molar-refractivity contribution in [2.24, 2.45) is 5.92 Å². The van der Waals surface area contributed by atoms with E-state index in [4.69, 9.17) is 14.2 Å². The second-order valence-electron chi connectivity index (χ2n) is 13.7. The standard InChI is InChI=1S/C47H42F2N2O5/c48-38-20-16-36(17-21-38)44(55-31-34-12-6-2-7-13-34)29-28-42(46(52)51-43(32-56-47(51)53)35-14-8-3-9-15-35)45(50-40-24-22-39(49)23-25-40)37-18-26-41(27-19-37)54-30-33-10-4-1-5-11-33/h1-27,42-45,50H,28-32H2. The van der Waals surface area contributed by atoms with E-state index >= 15 is 4.79 Å². The predicted molar refractivity (Wildman–Crippen MR) is 210 cm³/mol. The zero-order valence-electron chi connectivity index (χ0n) is 30.7. The van der Waals surface area contributed by atoms with Crippen molar-refractivity contribution in [2.75, 3.05) is 11.9 Å². The van der Waals surface area contributed by atoms with Crippen molar-refractivity contribution in [1.29, 1.82) is 0 Å². The topological polar surface area (TPSA) is 77.1 Å². The number of anilines is 1. The molecule has 1 fully saturated rings. The Hall–Kier alpha value is -6.32. The summed E-state index contributed by atoms with van der Waals surface area (Å²) in [6.07, 6.45) is -0.670. The van der Waals surface area contributed by atoms with Crippen molar-refractivity contribution < 1.29 is 32.6 Å².